The maximum Gasteiger partial charge on any atom is 0.327 e. The molecule has 1 heterocycles. The first-order chi connectivity index (χ1) is 11.5. The number of β-amino-alcohol motifs (C(OH)–C–C–N with tert-alkyl or cyclic N) is 1. The van der Waals surface area contributed by atoms with Gasteiger partial charge in [-0.2, -0.15) is 0 Å². The highest BCUT2D eigenvalue weighted by Gasteiger charge is 2.55. The minimum atomic E-state index is -0.912. The van der Waals surface area contributed by atoms with Gasteiger partial charge in [-0.3, -0.25) is 9.69 Å². The van der Waals surface area contributed by atoms with Crippen LogP contribution < -0.4 is 4.74 Å². The van der Waals surface area contributed by atoms with Gasteiger partial charge in [0.25, 0.3) is 5.91 Å². The molecular formula is C18H24N2O4. The van der Waals surface area contributed by atoms with Gasteiger partial charge < -0.3 is 14.7 Å². The highest BCUT2D eigenvalue weighted by Crippen LogP contribution is 2.39. The first-order valence-electron chi connectivity index (χ1n) is 8.50. The molecule has 2 fully saturated rings. The average Bonchev–Trinajstić information content (AvgIpc) is 2.78. The van der Waals surface area contributed by atoms with Gasteiger partial charge in [0.15, 0.2) is 0 Å². The molecule has 130 valence electrons. The van der Waals surface area contributed by atoms with Crippen molar-refractivity contribution in [3.8, 4) is 5.75 Å². The Morgan fingerprint density at radius 3 is 2.50 bits per heavy atom. The van der Waals surface area contributed by atoms with Crippen molar-refractivity contribution >= 4 is 11.9 Å². The number of para-hydroxylation sites is 1. The average molecular weight is 332 g/mol. The fraction of sp³-hybridized carbons (Fsp3) is 0.556. The van der Waals surface area contributed by atoms with E-state index in [0.717, 1.165) is 19.3 Å². The molecule has 1 aliphatic carbocycles. The van der Waals surface area contributed by atoms with Gasteiger partial charge in [0.1, 0.15) is 24.0 Å². The predicted molar refractivity (Wildman–Crippen MR) is 88.6 cm³/mol. The molecule has 24 heavy (non-hydrogen) atoms. The Balaban J connectivity index is 1.62. The molecule has 1 N–H and O–H groups in total. The molecule has 1 aliphatic heterocycles. The molecule has 1 spiro atoms. The summed E-state index contributed by atoms with van der Waals surface area (Å²) in [6.07, 6.45) is 3.52. The standard InChI is InChI=1S/C18H24N2O4/c1-19-17(23)20(16(22)18(19)10-6-3-7-11-18)12-14(21)13-24-15-8-4-2-5-9-15/h2,4-5,8-9,14,21H,3,6-7,10-13H2,1H3. The predicted octanol–water partition coefficient (Wildman–Crippen LogP) is 2.02. The van der Waals surface area contributed by atoms with Crippen molar-refractivity contribution in [1.29, 1.82) is 0 Å². The van der Waals surface area contributed by atoms with Crippen LogP contribution in [-0.2, 0) is 4.79 Å². The Labute approximate surface area is 142 Å². The Morgan fingerprint density at radius 1 is 1.17 bits per heavy atom. The SMILES string of the molecule is CN1C(=O)N(CC(O)COc2ccccc2)C(=O)C12CCCCC2. The number of amides is 3. The molecule has 0 aromatic heterocycles. The van der Waals surface area contributed by atoms with E-state index in [1.165, 1.54) is 4.90 Å². The summed E-state index contributed by atoms with van der Waals surface area (Å²) in [7, 11) is 1.69. The normalized spacial score (nSPS) is 21.4. The monoisotopic (exact) mass is 332 g/mol. The van der Waals surface area contributed by atoms with E-state index in [-0.39, 0.29) is 25.1 Å². The minimum Gasteiger partial charge on any atom is -0.491 e. The molecule has 1 saturated carbocycles. The van der Waals surface area contributed by atoms with Gasteiger partial charge in [0.2, 0.25) is 0 Å². The lowest BCUT2D eigenvalue weighted by atomic mass is 9.81. The van der Waals surface area contributed by atoms with Gasteiger partial charge in [-0.15, -0.1) is 0 Å². The van der Waals surface area contributed by atoms with Gasteiger partial charge in [0.05, 0.1) is 6.54 Å². The van der Waals surface area contributed by atoms with E-state index in [2.05, 4.69) is 0 Å². The van der Waals surface area contributed by atoms with Gasteiger partial charge >= 0.3 is 6.03 Å². The van der Waals surface area contributed by atoms with E-state index in [4.69, 9.17) is 4.74 Å². The number of aliphatic hydroxyl groups is 1. The summed E-state index contributed by atoms with van der Waals surface area (Å²) >= 11 is 0. The van der Waals surface area contributed by atoms with E-state index in [1.807, 2.05) is 18.2 Å². The highest BCUT2D eigenvalue weighted by atomic mass is 16.5. The molecule has 1 atom stereocenters. The van der Waals surface area contributed by atoms with Crippen LogP contribution in [0.5, 0.6) is 5.75 Å². The number of carbonyl (C=O) groups is 2. The summed E-state index contributed by atoms with van der Waals surface area (Å²) < 4.78 is 5.50. The number of hydrogen-bond acceptors (Lipinski definition) is 4. The molecule has 1 aromatic carbocycles. The molecule has 6 heteroatoms. The van der Waals surface area contributed by atoms with Crippen molar-refractivity contribution in [1.82, 2.24) is 9.80 Å². The lowest BCUT2D eigenvalue weighted by Gasteiger charge is -2.35. The Morgan fingerprint density at radius 2 is 1.83 bits per heavy atom. The van der Waals surface area contributed by atoms with Crippen LogP contribution in [0.2, 0.25) is 0 Å². The van der Waals surface area contributed by atoms with Crippen LogP contribution in [0.4, 0.5) is 4.79 Å². The van der Waals surface area contributed by atoms with E-state index < -0.39 is 11.6 Å². The number of likely N-dealkylation sites (N-methyl/N-ethyl adjacent to an activating group) is 1. The van der Waals surface area contributed by atoms with Crippen LogP contribution in [0.1, 0.15) is 32.1 Å². The fourth-order valence-electron chi connectivity index (χ4n) is 3.67. The number of urea groups is 1. The Hall–Kier alpha value is -2.08. The molecule has 0 bridgehead atoms. The smallest absolute Gasteiger partial charge is 0.327 e. The van der Waals surface area contributed by atoms with Gasteiger partial charge in [0, 0.05) is 7.05 Å². The van der Waals surface area contributed by atoms with E-state index >= 15 is 0 Å². The third-order valence-electron chi connectivity index (χ3n) is 5.06. The zero-order valence-electron chi connectivity index (χ0n) is 14.0. The second-order valence-electron chi connectivity index (χ2n) is 6.63. The topological polar surface area (TPSA) is 70.1 Å². The van der Waals surface area contributed by atoms with Crippen molar-refractivity contribution in [2.75, 3.05) is 20.2 Å². The molecule has 2 aliphatic rings. The van der Waals surface area contributed by atoms with Gasteiger partial charge in [-0.1, -0.05) is 37.5 Å². The molecule has 1 aromatic rings. The number of imide groups is 1. The van der Waals surface area contributed by atoms with Crippen LogP contribution in [0.25, 0.3) is 0 Å². The maximum absolute atomic E-state index is 12.8. The molecular weight excluding hydrogens is 308 g/mol. The Bertz CT molecular complexity index is 598. The highest BCUT2D eigenvalue weighted by molar-refractivity contribution is 6.07. The zero-order valence-corrected chi connectivity index (χ0v) is 14.0. The lowest BCUT2D eigenvalue weighted by Crippen LogP contribution is -2.49. The van der Waals surface area contributed by atoms with Crippen molar-refractivity contribution in [3.63, 3.8) is 0 Å². The molecule has 1 unspecified atom stereocenters. The van der Waals surface area contributed by atoms with Crippen molar-refractivity contribution in [3.05, 3.63) is 30.3 Å². The molecule has 0 radical (unpaired) electrons. The van der Waals surface area contributed by atoms with Crippen molar-refractivity contribution in [2.45, 2.75) is 43.7 Å². The zero-order chi connectivity index (χ0) is 17.2. The van der Waals surface area contributed by atoms with E-state index in [1.54, 1.807) is 24.1 Å². The first kappa shape index (κ1) is 16.8. The summed E-state index contributed by atoms with van der Waals surface area (Å²) in [6.45, 7) is 0.00831. The van der Waals surface area contributed by atoms with Crippen LogP contribution in [-0.4, -0.2) is 58.7 Å². The molecule has 6 nitrogen and oxygen atoms in total. The van der Waals surface area contributed by atoms with Gasteiger partial charge in [-0.05, 0) is 25.0 Å². The van der Waals surface area contributed by atoms with Crippen LogP contribution in [0, 0.1) is 0 Å². The van der Waals surface area contributed by atoms with Crippen molar-refractivity contribution in [2.24, 2.45) is 0 Å². The Kier molecular flexibility index (Phi) is 4.76. The van der Waals surface area contributed by atoms with Crippen LogP contribution in [0.3, 0.4) is 0 Å². The molecule has 1 saturated heterocycles. The summed E-state index contributed by atoms with van der Waals surface area (Å²) in [6, 6.07) is 8.84. The summed E-state index contributed by atoms with van der Waals surface area (Å²) in [5.41, 5.74) is -0.699. The molecule has 3 amide bonds. The van der Waals surface area contributed by atoms with Crippen LogP contribution >= 0.6 is 0 Å². The number of ether oxygens (including phenoxy) is 1. The number of rotatable bonds is 5. The molecule has 3 rings (SSSR count). The maximum atomic E-state index is 12.8. The third kappa shape index (κ3) is 2.98. The fourth-order valence-corrected chi connectivity index (χ4v) is 3.67. The minimum absolute atomic E-state index is 0.0312. The largest absolute Gasteiger partial charge is 0.491 e. The summed E-state index contributed by atoms with van der Waals surface area (Å²) in [5.74, 6) is 0.477. The lowest BCUT2D eigenvalue weighted by molar-refractivity contribution is -0.135. The number of carbonyl (C=O) groups excluding carboxylic acids is 2. The number of aliphatic hydroxyl groups excluding tert-OH is 1. The first-order valence-corrected chi connectivity index (χ1v) is 8.50. The third-order valence-corrected chi connectivity index (χ3v) is 5.06. The number of nitrogens with zero attached hydrogens (tertiary/aromatic N) is 2. The second-order valence-corrected chi connectivity index (χ2v) is 6.63. The van der Waals surface area contributed by atoms with E-state index in [0.29, 0.717) is 18.6 Å². The summed E-state index contributed by atoms with van der Waals surface area (Å²) in [5, 5.41) is 10.2. The van der Waals surface area contributed by atoms with Crippen molar-refractivity contribution < 1.29 is 19.4 Å². The number of benzene rings is 1. The van der Waals surface area contributed by atoms with E-state index in [9.17, 15) is 14.7 Å². The number of hydrogen-bond donors (Lipinski definition) is 1. The second kappa shape index (κ2) is 6.81. The van der Waals surface area contributed by atoms with Gasteiger partial charge in [-0.25, -0.2) is 4.79 Å². The van der Waals surface area contributed by atoms with Crippen LogP contribution in [0.15, 0.2) is 30.3 Å². The summed E-state index contributed by atoms with van der Waals surface area (Å²) in [4.78, 5) is 28.1. The quantitative estimate of drug-likeness (QED) is 0.838.